The molecule has 0 fully saturated rings. The Kier molecular flexibility index (Phi) is 3.75. The second kappa shape index (κ2) is 5.71. The van der Waals surface area contributed by atoms with Gasteiger partial charge in [0.1, 0.15) is 19.0 Å². The van der Waals surface area contributed by atoms with Crippen molar-refractivity contribution in [3.8, 4) is 11.5 Å². The molecule has 3 rings (SSSR count). The summed E-state index contributed by atoms with van der Waals surface area (Å²) in [7, 11) is 0. The van der Waals surface area contributed by atoms with E-state index in [-0.39, 0.29) is 0 Å². The van der Waals surface area contributed by atoms with Crippen LogP contribution in [-0.2, 0) is 11.2 Å². The van der Waals surface area contributed by atoms with E-state index in [2.05, 4.69) is 5.16 Å². The third-order valence-electron chi connectivity index (χ3n) is 3.86. The molecule has 1 atom stereocenters. The Labute approximate surface area is 127 Å². The minimum Gasteiger partial charge on any atom is -0.486 e. The normalized spacial score (nSPS) is 14.6. The molecule has 22 heavy (non-hydrogen) atoms. The van der Waals surface area contributed by atoms with Crippen LogP contribution in [0.15, 0.2) is 22.7 Å². The van der Waals surface area contributed by atoms with Crippen molar-refractivity contribution >= 4 is 5.97 Å². The zero-order valence-corrected chi connectivity index (χ0v) is 12.5. The summed E-state index contributed by atoms with van der Waals surface area (Å²) in [6, 6.07) is 5.27. The maximum Gasteiger partial charge on any atom is 0.311 e. The quantitative estimate of drug-likeness (QED) is 0.934. The van der Waals surface area contributed by atoms with Crippen molar-refractivity contribution in [2.75, 3.05) is 13.2 Å². The number of rotatable bonds is 4. The second-order valence-electron chi connectivity index (χ2n) is 5.30. The molecule has 2 heterocycles. The number of aromatic nitrogens is 1. The number of carboxylic acid groups (broad SMARTS) is 1. The number of aryl methyl sites for hydroxylation is 2. The van der Waals surface area contributed by atoms with Gasteiger partial charge in [0.05, 0.1) is 11.6 Å². The zero-order valence-electron chi connectivity index (χ0n) is 12.5. The smallest absolute Gasteiger partial charge is 0.311 e. The fourth-order valence-corrected chi connectivity index (χ4v) is 2.62. The van der Waals surface area contributed by atoms with Crippen molar-refractivity contribution in [2.45, 2.75) is 26.2 Å². The maximum absolute atomic E-state index is 11.7. The van der Waals surface area contributed by atoms with E-state index >= 15 is 0 Å². The van der Waals surface area contributed by atoms with Gasteiger partial charge in [-0.05, 0) is 38.0 Å². The largest absolute Gasteiger partial charge is 0.486 e. The number of carboxylic acids is 1. The molecule has 1 aromatic carbocycles. The molecule has 1 N–H and O–H groups in total. The summed E-state index contributed by atoms with van der Waals surface area (Å²) in [6.07, 6.45) is 0.330. The van der Waals surface area contributed by atoms with E-state index in [1.807, 2.05) is 6.92 Å². The highest BCUT2D eigenvalue weighted by Gasteiger charge is 2.25. The van der Waals surface area contributed by atoms with Gasteiger partial charge in [-0.2, -0.15) is 0 Å². The van der Waals surface area contributed by atoms with Crippen LogP contribution in [0.1, 0.15) is 28.5 Å². The van der Waals surface area contributed by atoms with E-state index in [1.54, 1.807) is 25.1 Å². The van der Waals surface area contributed by atoms with Gasteiger partial charge in [-0.15, -0.1) is 0 Å². The van der Waals surface area contributed by atoms with Gasteiger partial charge in [-0.3, -0.25) is 4.79 Å². The van der Waals surface area contributed by atoms with Crippen LogP contribution in [0.4, 0.5) is 0 Å². The van der Waals surface area contributed by atoms with E-state index in [9.17, 15) is 9.90 Å². The average Bonchev–Trinajstić information content (AvgIpc) is 2.83. The summed E-state index contributed by atoms with van der Waals surface area (Å²) in [5.74, 6) is 0.316. The van der Waals surface area contributed by atoms with Crippen molar-refractivity contribution in [1.29, 1.82) is 0 Å². The van der Waals surface area contributed by atoms with Crippen molar-refractivity contribution in [1.82, 2.24) is 5.16 Å². The molecule has 0 aliphatic carbocycles. The van der Waals surface area contributed by atoms with E-state index in [1.165, 1.54) is 0 Å². The number of hydrogen-bond acceptors (Lipinski definition) is 5. The van der Waals surface area contributed by atoms with Gasteiger partial charge in [-0.25, -0.2) is 0 Å². The molecule has 6 nitrogen and oxygen atoms in total. The molecule has 2 aromatic rings. The van der Waals surface area contributed by atoms with Crippen molar-refractivity contribution < 1.29 is 23.9 Å². The first-order chi connectivity index (χ1) is 10.6. The molecule has 1 aliphatic rings. The van der Waals surface area contributed by atoms with Crippen molar-refractivity contribution in [2.24, 2.45) is 0 Å². The summed E-state index contributed by atoms with van der Waals surface area (Å²) >= 11 is 0. The third kappa shape index (κ3) is 2.64. The zero-order chi connectivity index (χ0) is 15.7. The predicted molar refractivity (Wildman–Crippen MR) is 77.5 cm³/mol. The highest BCUT2D eigenvalue weighted by atomic mass is 16.6. The molecule has 0 radical (unpaired) electrons. The molecule has 0 saturated carbocycles. The second-order valence-corrected chi connectivity index (χ2v) is 5.30. The lowest BCUT2D eigenvalue weighted by atomic mass is 9.91. The van der Waals surface area contributed by atoms with Gasteiger partial charge < -0.3 is 19.1 Å². The summed E-state index contributed by atoms with van der Waals surface area (Å²) in [5, 5.41) is 13.5. The molecular formula is C16H17NO5. The summed E-state index contributed by atoms with van der Waals surface area (Å²) in [4.78, 5) is 11.7. The molecule has 6 heteroatoms. The van der Waals surface area contributed by atoms with Crippen LogP contribution in [0.3, 0.4) is 0 Å². The number of hydrogen-bond donors (Lipinski definition) is 1. The van der Waals surface area contributed by atoms with Crippen LogP contribution in [0.2, 0.25) is 0 Å². The highest BCUT2D eigenvalue weighted by molar-refractivity contribution is 5.77. The lowest BCUT2D eigenvalue weighted by Gasteiger charge is -2.20. The van der Waals surface area contributed by atoms with Crippen LogP contribution >= 0.6 is 0 Å². The predicted octanol–water partition coefficient (Wildman–Crippen LogP) is 2.47. The van der Waals surface area contributed by atoms with Gasteiger partial charge in [0.15, 0.2) is 11.5 Å². The number of aliphatic carboxylic acids is 1. The highest BCUT2D eigenvalue weighted by Crippen LogP contribution is 2.34. The van der Waals surface area contributed by atoms with Gasteiger partial charge in [-0.1, -0.05) is 11.2 Å². The van der Waals surface area contributed by atoms with Crippen LogP contribution < -0.4 is 9.47 Å². The molecule has 1 aliphatic heterocycles. The van der Waals surface area contributed by atoms with Crippen LogP contribution in [-0.4, -0.2) is 29.4 Å². The van der Waals surface area contributed by atoms with Crippen molar-refractivity contribution in [3.63, 3.8) is 0 Å². The number of benzene rings is 1. The van der Waals surface area contributed by atoms with E-state index < -0.39 is 11.9 Å². The lowest BCUT2D eigenvalue weighted by molar-refractivity contribution is -0.138. The summed E-state index contributed by atoms with van der Waals surface area (Å²) < 4.78 is 16.1. The molecule has 0 amide bonds. The first-order valence-electron chi connectivity index (χ1n) is 7.10. The van der Waals surface area contributed by atoms with Gasteiger partial charge in [0.25, 0.3) is 0 Å². The molecule has 0 spiro atoms. The van der Waals surface area contributed by atoms with Crippen LogP contribution in [0.25, 0.3) is 0 Å². The standard InChI is InChI=1S/C16H17NO5/c1-9-12(10(2)22-17-9)8-13(16(18)19)11-3-4-14-15(7-11)21-6-5-20-14/h3-4,7,13H,5-6,8H2,1-2H3,(H,18,19). The number of carbonyl (C=O) groups is 1. The molecule has 1 aromatic heterocycles. The van der Waals surface area contributed by atoms with Crippen LogP contribution in [0, 0.1) is 13.8 Å². The number of fused-ring (bicyclic) bond motifs is 1. The monoisotopic (exact) mass is 303 g/mol. The van der Waals surface area contributed by atoms with Gasteiger partial charge in [0.2, 0.25) is 0 Å². The maximum atomic E-state index is 11.7. The van der Waals surface area contributed by atoms with E-state index in [0.29, 0.717) is 42.5 Å². The Hall–Kier alpha value is -2.50. The van der Waals surface area contributed by atoms with Gasteiger partial charge >= 0.3 is 5.97 Å². The number of nitrogens with zero attached hydrogens (tertiary/aromatic N) is 1. The molecule has 116 valence electrons. The first-order valence-corrected chi connectivity index (χ1v) is 7.10. The Balaban J connectivity index is 1.93. The lowest BCUT2D eigenvalue weighted by Crippen LogP contribution is -2.18. The van der Waals surface area contributed by atoms with E-state index in [0.717, 1.165) is 11.3 Å². The number of ether oxygens (including phenoxy) is 2. The Bertz CT molecular complexity index is 687. The Morgan fingerprint density at radius 2 is 2.00 bits per heavy atom. The molecule has 0 bridgehead atoms. The topological polar surface area (TPSA) is 81.8 Å². The first kappa shape index (κ1) is 14.4. The summed E-state index contributed by atoms with van der Waals surface area (Å²) in [5.41, 5.74) is 2.24. The van der Waals surface area contributed by atoms with Gasteiger partial charge in [0, 0.05) is 5.56 Å². The fourth-order valence-electron chi connectivity index (χ4n) is 2.62. The minimum absolute atomic E-state index is 0.330. The molecule has 1 unspecified atom stereocenters. The Morgan fingerprint density at radius 1 is 1.27 bits per heavy atom. The Morgan fingerprint density at radius 3 is 2.64 bits per heavy atom. The van der Waals surface area contributed by atoms with Crippen molar-refractivity contribution in [3.05, 3.63) is 40.8 Å². The molecular weight excluding hydrogens is 286 g/mol. The summed E-state index contributed by atoms with van der Waals surface area (Å²) in [6.45, 7) is 4.58. The molecule has 0 saturated heterocycles. The third-order valence-corrected chi connectivity index (χ3v) is 3.86. The fraction of sp³-hybridized carbons (Fsp3) is 0.375. The average molecular weight is 303 g/mol. The SMILES string of the molecule is Cc1noc(C)c1CC(C(=O)O)c1ccc2c(c1)OCCO2. The minimum atomic E-state index is -0.892. The van der Waals surface area contributed by atoms with E-state index in [4.69, 9.17) is 14.0 Å². The van der Waals surface area contributed by atoms with Crippen LogP contribution in [0.5, 0.6) is 11.5 Å².